The predicted octanol–water partition coefficient (Wildman–Crippen LogP) is -2.56. The molecule has 8 N–H and O–H groups in total. The third-order valence-corrected chi connectivity index (χ3v) is 4.44. The van der Waals surface area contributed by atoms with Crippen molar-refractivity contribution in [2.24, 2.45) is 16.5 Å². The highest BCUT2D eigenvalue weighted by atomic mass is 16.5. The van der Waals surface area contributed by atoms with E-state index < -0.39 is 43.0 Å². The molecule has 2 aliphatic rings. The van der Waals surface area contributed by atoms with E-state index in [0.29, 0.717) is 23.8 Å². The zero-order valence-corrected chi connectivity index (χ0v) is 13.8. The van der Waals surface area contributed by atoms with Gasteiger partial charge in [-0.25, -0.2) is 9.98 Å². The summed E-state index contributed by atoms with van der Waals surface area (Å²) in [6.45, 7) is 1.68. The van der Waals surface area contributed by atoms with Gasteiger partial charge in [0.2, 0.25) is 5.91 Å². The van der Waals surface area contributed by atoms with Crippen molar-refractivity contribution in [3.63, 3.8) is 0 Å². The normalized spacial score (nSPS) is 29.5. The van der Waals surface area contributed by atoms with Crippen LogP contribution in [-0.2, 0) is 9.53 Å². The number of ether oxygens (including phenoxy) is 1. The van der Waals surface area contributed by atoms with Crippen molar-refractivity contribution >= 4 is 17.6 Å². The van der Waals surface area contributed by atoms with Crippen LogP contribution in [-0.4, -0.2) is 69.1 Å². The number of aliphatic hydroxyl groups excluding tert-OH is 2. The van der Waals surface area contributed by atoms with Crippen LogP contribution in [0.2, 0.25) is 0 Å². The molecule has 1 amide bonds. The number of fused-ring (bicyclic) bond motifs is 1. The molecule has 11 heteroatoms. The summed E-state index contributed by atoms with van der Waals surface area (Å²) in [4.78, 5) is 20.4. The molecule has 1 aromatic rings. The summed E-state index contributed by atoms with van der Waals surface area (Å²) in [6, 6.07) is -1.50. The lowest BCUT2D eigenvalue weighted by Crippen LogP contribution is -2.51. The number of carbonyl (C=O) groups is 1. The fraction of sp³-hybridized carbons (Fsp3) is 0.643. The van der Waals surface area contributed by atoms with E-state index in [1.54, 1.807) is 11.5 Å². The fourth-order valence-corrected chi connectivity index (χ4v) is 2.94. The van der Waals surface area contributed by atoms with Crippen molar-refractivity contribution in [3.05, 3.63) is 12.0 Å². The first-order valence-electron chi connectivity index (χ1n) is 8.09. The van der Waals surface area contributed by atoms with Gasteiger partial charge in [-0.15, -0.1) is 0 Å². The molecule has 5 atom stereocenters. The van der Waals surface area contributed by atoms with Gasteiger partial charge in [0, 0.05) is 0 Å². The zero-order valence-electron chi connectivity index (χ0n) is 13.8. The molecule has 25 heavy (non-hydrogen) atoms. The molecule has 3 heterocycles. The van der Waals surface area contributed by atoms with Crippen molar-refractivity contribution in [2.45, 2.75) is 43.9 Å². The van der Waals surface area contributed by atoms with Crippen LogP contribution in [0.5, 0.6) is 0 Å². The quantitative estimate of drug-likeness (QED) is 0.335. The number of carbonyl (C=O) groups excluding carboxylic acids is 1. The Labute approximate surface area is 144 Å². The van der Waals surface area contributed by atoms with Gasteiger partial charge in [-0.1, -0.05) is 6.92 Å². The zero-order chi connectivity index (χ0) is 18.1. The van der Waals surface area contributed by atoms with Crippen molar-refractivity contribution in [1.29, 1.82) is 0 Å². The van der Waals surface area contributed by atoms with Crippen LogP contribution in [0.3, 0.4) is 0 Å². The van der Waals surface area contributed by atoms with E-state index in [1.165, 1.54) is 6.33 Å². The van der Waals surface area contributed by atoms with Gasteiger partial charge >= 0.3 is 0 Å². The molecule has 0 spiro atoms. The molecule has 1 fully saturated rings. The molecule has 2 aliphatic heterocycles. The Morgan fingerprint density at radius 1 is 1.64 bits per heavy atom. The number of amidine groups is 1. The Morgan fingerprint density at radius 2 is 2.40 bits per heavy atom. The lowest BCUT2D eigenvalue weighted by molar-refractivity contribution is -0.124. The van der Waals surface area contributed by atoms with Crippen LogP contribution in [0.25, 0.3) is 0 Å². The average molecular weight is 353 g/mol. The van der Waals surface area contributed by atoms with Gasteiger partial charge in [0.25, 0.3) is 0 Å². The Balaban J connectivity index is 1.90. The molecular formula is C14H23N7O4. The molecule has 11 nitrogen and oxygen atoms in total. The summed E-state index contributed by atoms with van der Waals surface area (Å²) in [7, 11) is 0. The minimum atomic E-state index is -1.10. The SMILES string of the molecule is CCC(N)C(=O)NC1C(O)[C@@H](CO)O[C@H]1n1cnc2c1NCN=C2N. The Hall–Kier alpha value is -2.21. The number of nitrogens with zero attached hydrogens (tertiary/aromatic N) is 3. The van der Waals surface area contributed by atoms with Crippen LogP contribution in [0.1, 0.15) is 25.3 Å². The number of aromatic nitrogens is 2. The lowest BCUT2D eigenvalue weighted by atomic mass is 10.1. The first kappa shape index (κ1) is 17.6. The van der Waals surface area contributed by atoms with Crippen LogP contribution < -0.4 is 22.1 Å². The molecule has 0 aliphatic carbocycles. The van der Waals surface area contributed by atoms with Crippen LogP contribution in [0, 0.1) is 0 Å². The van der Waals surface area contributed by atoms with Crippen molar-refractivity contribution in [3.8, 4) is 0 Å². The van der Waals surface area contributed by atoms with Crippen LogP contribution in [0.15, 0.2) is 11.3 Å². The number of nitrogens with two attached hydrogens (primary N) is 2. The first-order valence-corrected chi connectivity index (χ1v) is 8.09. The van der Waals surface area contributed by atoms with E-state index in [0.717, 1.165) is 0 Å². The minimum absolute atomic E-state index is 0.279. The van der Waals surface area contributed by atoms with Gasteiger partial charge < -0.3 is 37.1 Å². The molecular weight excluding hydrogens is 330 g/mol. The van der Waals surface area contributed by atoms with Crippen LogP contribution >= 0.6 is 0 Å². The second kappa shape index (κ2) is 6.96. The maximum absolute atomic E-state index is 12.2. The minimum Gasteiger partial charge on any atom is -0.394 e. The van der Waals surface area contributed by atoms with Crippen molar-refractivity contribution in [1.82, 2.24) is 14.9 Å². The second-order valence-electron chi connectivity index (χ2n) is 6.01. The molecule has 138 valence electrons. The van der Waals surface area contributed by atoms with E-state index in [4.69, 9.17) is 16.2 Å². The Kier molecular flexibility index (Phi) is 4.90. The summed E-state index contributed by atoms with van der Waals surface area (Å²) in [5.74, 6) is 0.461. The molecule has 3 unspecified atom stereocenters. The fourth-order valence-electron chi connectivity index (χ4n) is 2.94. The monoisotopic (exact) mass is 353 g/mol. The number of hydrogen-bond acceptors (Lipinski definition) is 9. The topological polar surface area (TPSA) is 173 Å². The van der Waals surface area contributed by atoms with Gasteiger partial charge in [-0.2, -0.15) is 0 Å². The van der Waals surface area contributed by atoms with Crippen LogP contribution in [0.4, 0.5) is 5.82 Å². The molecule has 0 saturated carbocycles. The molecule has 0 radical (unpaired) electrons. The molecule has 0 bridgehead atoms. The van der Waals surface area contributed by atoms with Gasteiger partial charge in [0.15, 0.2) is 6.23 Å². The summed E-state index contributed by atoms with van der Waals surface area (Å²) in [5.41, 5.74) is 12.0. The van der Waals surface area contributed by atoms with E-state index >= 15 is 0 Å². The van der Waals surface area contributed by atoms with Gasteiger partial charge in [-0.05, 0) is 6.42 Å². The number of aliphatic imine (C=N–C) groups is 1. The van der Waals surface area contributed by atoms with Gasteiger partial charge in [-0.3, -0.25) is 9.36 Å². The lowest BCUT2D eigenvalue weighted by Gasteiger charge is -2.26. The summed E-state index contributed by atoms with van der Waals surface area (Å²) >= 11 is 0. The largest absolute Gasteiger partial charge is 0.394 e. The highest BCUT2D eigenvalue weighted by molar-refractivity contribution is 6.01. The molecule has 1 aromatic heterocycles. The van der Waals surface area contributed by atoms with Crippen molar-refractivity contribution in [2.75, 3.05) is 18.6 Å². The smallest absolute Gasteiger partial charge is 0.237 e. The second-order valence-corrected chi connectivity index (χ2v) is 6.01. The molecule has 0 aromatic carbocycles. The maximum Gasteiger partial charge on any atom is 0.237 e. The maximum atomic E-state index is 12.2. The number of anilines is 1. The van der Waals surface area contributed by atoms with Crippen molar-refractivity contribution < 1.29 is 19.7 Å². The number of hydrogen-bond donors (Lipinski definition) is 6. The van der Waals surface area contributed by atoms with E-state index in [2.05, 4.69) is 20.6 Å². The highest BCUT2D eigenvalue weighted by Gasteiger charge is 2.46. The van der Waals surface area contributed by atoms with Gasteiger partial charge in [0.05, 0.1) is 19.0 Å². The summed E-state index contributed by atoms with van der Waals surface area (Å²) < 4.78 is 7.37. The Morgan fingerprint density at radius 3 is 3.08 bits per heavy atom. The number of amides is 1. The number of aliphatic hydroxyl groups is 2. The van der Waals surface area contributed by atoms with Gasteiger partial charge in [0.1, 0.15) is 42.3 Å². The number of nitrogens with one attached hydrogen (secondary N) is 2. The molecule has 3 rings (SSSR count). The Bertz CT molecular complexity index is 676. The first-order chi connectivity index (χ1) is 12.0. The number of rotatable bonds is 5. The summed E-state index contributed by atoms with van der Waals surface area (Å²) in [5, 5.41) is 25.6. The third-order valence-electron chi connectivity index (χ3n) is 4.44. The van der Waals surface area contributed by atoms with E-state index in [9.17, 15) is 15.0 Å². The number of imidazole rings is 1. The highest BCUT2D eigenvalue weighted by Crippen LogP contribution is 2.33. The third kappa shape index (κ3) is 3.06. The molecule has 1 saturated heterocycles. The summed E-state index contributed by atoms with van der Waals surface area (Å²) in [6.07, 6.45) is -0.786. The van der Waals surface area contributed by atoms with E-state index in [1.807, 2.05) is 0 Å². The average Bonchev–Trinajstić information content (AvgIpc) is 3.17. The predicted molar refractivity (Wildman–Crippen MR) is 88.6 cm³/mol. The standard InChI is InChI=1S/C14H23N7O4/c1-2-6(15)13(24)20-8-10(23)7(3-22)25-14(8)21-5-19-9-11(16)17-4-18-12(9)21/h5-8,10,14,18,22-23H,2-4,15H2,1H3,(H2,16,17)(H,20,24)/t6?,7-,8?,10?,14-/m1/s1. The van der Waals surface area contributed by atoms with E-state index in [-0.39, 0.29) is 6.67 Å².